The van der Waals surface area contributed by atoms with Gasteiger partial charge in [0.25, 0.3) is 0 Å². The molecule has 0 aliphatic heterocycles. The molecule has 1 aromatic heterocycles. The Morgan fingerprint density at radius 3 is 2.77 bits per heavy atom. The lowest BCUT2D eigenvalue weighted by Gasteiger charge is -2.11. The number of aromatic nitrogens is 2. The summed E-state index contributed by atoms with van der Waals surface area (Å²) in [7, 11) is 1.92. The van der Waals surface area contributed by atoms with Crippen molar-refractivity contribution in [3.05, 3.63) is 18.2 Å². The Morgan fingerprint density at radius 1 is 1.62 bits per heavy atom. The van der Waals surface area contributed by atoms with Gasteiger partial charge in [0.1, 0.15) is 0 Å². The SMILES string of the molecule is CC(C)OCC(N)c1cn(C)cn1. The summed E-state index contributed by atoms with van der Waals surface area (Å²) in [6.07, 6.45) is 3.87. The van der Waals surface area contributed by atoms with E-state index >= 15 is 0 Å². The second kappa shape index (κ2) is 4.39. The molecule has 2 N–H and O–H groups in total. The van der Waals surface area contributed by atoms with Gasteiger partial charge in [-0.1, -0.05) is 0 Å². The van der Waals surface area contributed by atoms with Crippen LogP contribution in [0.5, 0.6) is 0 Å². The molecule has 0 aliphatic carbocycles. The summed E-state index contributed by atoms with van der Waals surface area (Å²) in [4.78, 5) is 4.15. The maximum absolute atomic E-state index is 5.86. The molecule has 74 valence electrons. The van der Waals surface area contributed by atoms with Crippen molar-refractivity contribution in [1.82, 2.24) is 9.55 Å². The van der Waals surface area contributed by atoms with E-state index in [0.717, 1.165) is 5.69 Å². The van der Waals surface area contributed by atoms with Crippen LogP contribution in [-0.2, 0) is 11.8 Å². The Hall–Kier alpha value is -0.870. The highest BCUT2D eigenvalue weighted by Crippen LogP contribution is 2.07. The number of rotatable bonds is 4. The van der Waals surface area contributed by atoms with Crippen LogP contribution in [0.4, 0.5) is 0 Å². The van der Waals surface area contributed by atoms with Gasteiger partial charge in [-0.05, 0) is 13.8 Å². The first-order chi connectivity index (χ1) is 6.09. The molecule has 0 bridgehead atoms. The van der Waals surface area contributed by atoms with Gasteiger partial charge in [0.15, 0.2) is 0 Å². The van der Waals surface area contributed by atoms with Crippen LogP contribution in [0.15, 0.2) is 12.5 Å². The van der Waals surface area contributed by atoms with Crippen molar-refractivity contribution in [3.8, 4) is 0 Å². The fourth-order valence-electron chi connectivity index (χ4n) is 1.01. The molecule has 13 heavy (non-hydrogen) atoms. The van der Waals surface area contributed by atoms with Crippen molar-refractivity contribution in [2.75, 3.05) is 6.61 Å². The fraction of sp³-hybridized carbons (Fsp3) is 0.667. The molecule has 0 aliphatic rings. The number of ether oxygens (including phenoxy) is 1. The molecule has 0 aromatic carbocycles. The minimum absolute atomic E-state index is 0.122. The second-order valence-corrected chi connectivity index (χ2v) is 3.45. The van der Waals surface area contributed by atoms with Crippen molar-refractivity contribution < 1.29 is 4.74 Å². The van der Waals surface area contributed by atoms with Crippen molar-refractivity contribution in [3.63, 3.8) is 0 Å². The molecule has 1 heterocycles. The molecule has 0 saturated heterocycles. The summed E-state index contributed by atoms with van der Waals surface area (Å²) in [6.45, 7) is 4.50. The van der Waals surface area contributed by atoms with Gasteiger partial charge >= 0.3 is 0 Å². The molecule has 0 radical (unpaired) electrons. The maximum atomic E-state index is 5.86. The Morgan fingerprint density at radius 2 is 2.31 bits per heavy atom. The zero-order chi connectivity index (χ0) is 9.84. The predicted octanol–water partition coefficient (Wildman–Crippen LogP) is 0.845. The summed E-state index contributed by atoms with van der Waals surface area (Å²) in [6, 6.07) is -0.122. The summed E-state index contributed by atoms with van der Waals surface area (Å²) >= 11 is 0. The van der Waals surface area contributed by atoms with Crippen LogP contribution in [0.2, 0.25) is 0 Å². The lowest BCUT2D eigenvalue weighted by Crippen LogP contribution is -2.19. The highest BCUT2D eigenvalue weighted by Gasteiger charge is 2.09. The van der Waals surface area contributed by atoms with Gasteiger partial charge in [-0.25, -0.2) is 4.98 Å². The smallest absolute Gasteiger partial charge is 0.0947 e. The topological polar surface area (TPSA) is 53.1 Å². The molecule has 4 nitrogen and oxygen atoms in total. The van der Waals surface area contributed by atoms with Crippen LogP contribution in [0.3, 0.4) is 0 Å². The highest BCUT2D eigenvalue weighted by molar-refractivity contribution is 5.02. The van der Waals surface area contributed by atoms with Crippen LogP contribution in [0.1, 0.15) is 25.6 Å². The summed E-state index contributed by atoms with van der Waals surface area (Å²) in [5.74, 6) is 0. The van der Waals surface area contributed by atoms with Crippen LogP contribution in [0, 0.1) is 0 Å². The number of hydrogen-bond donors (Lipinski definition) is 1. The predicted molar refractivity (Wildman–Crippen MR) is 51.2 cm³/mol. The number of aryl methyl sites for hydroxylation is 1. The molecule has 0 saturated carbocycles. The zero-order valence-corrected chi connectivity index (χ0v) is 8.40. The third-order valence-electron chi connectivity index (χ3n) is 1.71. The molecule has 1 rings (SSSR count). The Balaban J connectivity index is 2.44. The van der Waals surface area contributed by atoms with Gasteiger partial charge in [0, 0.05) is 13.2 Å². The van der Waals surface area contributed by atoms with Gasteiger partial charge < -0.3 is 15.0 Å². The van der Waals surface area contributed by atoms with Crippen LogP contribution >= 0.6 is 0 Å². The average Bonchev–Trinajstić information content (AvgIpc) is 2.47. The molecule has 0 amide bonds. The van der Waals surface area contributed by atoms with E-state index in [1.54, 1.807) is 6.33 Å². The molecular weight excluding hydrogens is 166 g/mol. The number of imidazole rings is 1. The van der Waals surface area contributed by atoms with E-state index in [1.165, 1.54) is 0 Å². The lowest BCUT2D eigenvalue weighted by atomic mass is 10.2. The van der Waals surface area contributed by atoms with Gasteiger partial charge in [-0.2, -0.15) is 0 Å². The van der Waals surface area contributed by atoms with E-state index in [9.17, 15) is 0 Å². The molecule has 1 atom stereocenters. The fourth-order valence-corrected chi connectivity index (χ4v) is 1.01. The van der Waals surface area contributed by atoms with E-state index < -0.39 is 0 Å². The summed E-state index contributed by atoms with van der Waals surface area (Å²) in [5, 5.41) is 0. The number of nitrogens with zero attached hydrogens (tertiary/aromatic N) is 2. The molecule has 1 aromatic rings. The Bertz CT molecular complexity index is 257. The summed E-state index contributed by atoms with van der Waals surface area (Å²) in [5.41, 5.74) is 6.73. The second-order valence-electron chi connectivity index (χ2n) is 3.45. The van der Waals surface area contributed by atoms with Crippen molar-refractivity contribution in [2.24, 2.45) is 12.8 Å². The molecule has 0 fully saturated rings. The third-order valence-corrected chi connectivity index (χ3v) is 1.71. The van der Waals surface area contributed by atoms with Crippen molar-refractivity contribution in [2.45, 2.75) is 26.0 Å². The normalized spacial score (nSPS) is 13.6. The van der Waals surface area contributed by atoms with Gasteiger partial charge in [0.2, 0.25) is 0 Å². The van der Waals surface area contributed by atoms with Crippen LogP contribution < -0.4 is 5.73 Å². The molecule has 0 spiro atoms. The highest BCUT2D eigenvalue weighted by atomic mass is 16.5. The minimum Gasteiger partial charge on any atom is -0.377 e. The van der Waals surface area contributed by atoms with Gasteiger partial charge in [0.05, 0.1) is 30.8 Å². The van der Waals surface area contributed by atoms with E-state index in [2.05, 4.69) is 4.98 Å². The molecule has 1 unspecified atom stereocenters. The largest absolute Gasteiger partial charge is 0.377 e. The van der Waals surface area contributed by atoms with Crippen LogP contribution in [-0.4, -0.2) is 22.3 Å². The molecular formula is C9H17N3O. The van der Waals surface area contributed by atoms with Gasteiger partial charge in [-0.3, -0.25) is 0 Å². The summed E-state index contributed by atoms with van der Waals surface area (Å²) < 4.78 is 7.27. The minimum atomic E-state index is -0.122. The van der Waals surface area contributed by atoms with E-state index in [4.69, 9.17) is 10.5 Å². The third kappa shape index (κ3) is 3.16. The Labute approximate surface area is 78.7 Å². The Kier molecular flexibility index (Phi) is 3.45. The maximum Gasteiger partial charge on any atom is 0.0947 e. The van der Waals surface area contributed by atoms with E-state index in [1.807, 2.05) is 31.7 Å². The van der Waals surface area contributed by atoms with Crippen LogP contribution in [0.25, 0.3) is 0 Å². The quantitative estimate of drug-likeness (QED) is 0.752. The average molecular weight is 183 g/mol. The molecule has 4 heteroatoms. The zero-order valence-electron chi connectivity index (χ0n) is 8.40. The first-order valence-electron chi connectivity index (χ1n) is 4.44. The number of nitrogens with two attached hydrogens (primary N) is 1. The lowest BCUT2D eigenvalue weighted by molar-refractivity contribution is 0.0677. The first-order valence-corrected chi connectivity index (χ1v) is 4.44. The first kappa shape index (κ1) is 10.2. The van der Waals surface area contributed by atoms with E-state index in [0.29, 0.717) is 6.61 Å². The standard InChI is InChI=1S/C9H17N3O/c1-7(2)13-5-8(10)9-4-12(3)6-11-9/h4,6-8H,5,10H2,1-3H3. The number of hydrogen-bond acceptors (Lipinski definition) is 3. The van der Waals surface area contributed by atoms with Crippen molar-refractivity contribution >= 4 is 0 Å². The van der Waals surface area contributed by atoms with Gasteiger partial charge in [-0.15, -0.1) is 0 Å². The monoisotopic (exact) mass is 183 g/mol. The van der Waals surface area contributed by atoms with E-state index in [-0.39, 0.29) is 12.1 Å². The van der Waals surface area contributed by atoms with Crippen molar-refractivity contribution in [1.29, 1.82) is 0 Å².